The zero-order chi connectivity index (χ0) is 21.2. The van der Waals surface area contributed by atoms with Crippen molar-refractivity contribution in [2.75, 3.05) is 0 Å². The van der Waals surface area contributed by atoms with Gasteiger partial charge in [-0.15, -0.1) is 12.4 Å². The molecule has 168 valence electrons. The van der Waals surface area contributed by atoms with Crippen LogP contribution in [0.25, 0.3) is 0 Å². The summed E-state index contributed by atoms with van der Waals surface area (Å²) >= 11 is 12.3. The molecule has 5 rings (SSSR count). The second kappa shape index (κ2) is 10.6. The second-order valence-corrected chi connectivity index (χ2v) is 9.63. The molecule has 0 aliphatic carbocycles. The SMILES string of the molecule is Cl.Clc1ccc(C(OC2CC3CCC(C2)N3Cc2ccccc2)c2ccc(Cl)cc2)cc1. The van der Waals surface area contributed by atoms with E-state index in [9.17, 15) is 0 Å². The van der Waals surface area contributed by atoms with Gasteiger partial charge < -0.3 is 4.74 Å². The molecular weight excluding hydrogens is 461 g/mol. The Bertz CT molecular complexity index is 934. The topological polar surface area (TPSA) is 12.5 Å². The largest absolute Gasteiger partial charge is 0.365 e. The first kappa shape index (κ1) is 23.6. The number of benzene rings is 3. The van der Waals surface area contributed by atoms with E-state index < -0.39 is 0 Å². The van der Waals surface area contributed by atoms with Gasteiger partial charge in [0.25, 0.3) is 0 Å². The Morgan fingerprint density at radius 1 is 0.750 bits per heavy atom. The summed E-state index contributed by atoms with van der Waals surface area (Å²) in [6, 6.07) is 28.1. The first-order valence-corrected chi connectivity index (χ1v) is 11.9. The Labute approximate surface area is 206 Å². The lowest BCUT2D eigenvalue weighted by molar-refractivity contribution is -0.0501. The highest BCUT2D eigenvalue weighted by Crippen LogP contribution is 2.40. The van der Waals surface area contributed by atoms with Gasteiger partial charge in [0.05, 0.1) is 6.10 Å². The van der Waals surface area contributed by atoms with E-state index in [4.69, 9.17) is 27.9 Å². The normalized spacial score (nSPS) is 22.7. The molecule has 0 spiro atoms. The highest BCUT2D eigenvalue weighted by atomic mass is 35.5. The fraction of sp³-hybridized carbons (Fsp3) is 0.333. The summed E-state index contributed by atoms with van der Waals surface area (Å²) in [5.74, 6) is 0. The average molecular weight is 489 g/mol. The summed E-state index contributed by atoms with van der Waals surface area (Å²) in [6.07, 6.45) is 4.84. The molecule has 2 atom stereocenters. The lowest BCUT2D eigenvalue weighted by Gasteiger charge is -2.40. The van der Waals surface area contributed by atoms with E-state index >= 15 is 0 Å². The molecule has 5 heteroatoms. The smallest absolute Gasteiger partial charge is 0.108 e. The van der Waals surface area contributed by atoms with E-state index in [0.29, 0.717) is 12.1 Å². The van der Waals surface area contributed by atoms with Crippen LogP contribution in [0.5, 0.6) is 0 Å². The van der Waals surface area contributed by atoms with Crippen molar-refractivity contribution in [2.45, 2.75) is 56.5 Å². The van der Waals surface area contributed by atoms with Crippen LogP contribution in [-0.4, -0.2) is 23.1 Å². The predicted molar refractivity (Wildman–Crippen MR) is 135 cm³/mol. The van der Waals surface area contributed by atoms with Gasteiger partial charge in [0, 0.05) is 28.7 Å². The number of ether oxygens (including phenoxy) is 1. The molecule has 0 saturated carbocycles. The molecule has 2 nitrogen and oxygen atoms in total. The molecular formula is C27H28Cl3NO. The highest BCUT2D eigenvalue weighted by molar-refractivity contribution is 6.30. The molecule has 3 aromatic carbocycles. The third-order valence-corrected chi connectivity index (χ3v) is 7.23. The summed E-state index contributed by atoms with van der Waals surface area (Å²) in [4.78, 5) is 2.70. The Morgan fingerprint density at radius 2 is 1.25 bits per heavy atom. The number of rotatable bonds is 6. The van der Waals surface area contributed by atoms with E-state index in [1.165, 1.54) is 18.4 Å². The maximum atomic E-state index is 6.81. The van der Waals surface area contributed by atoms with E-state index in [-0.39, 0.29) is 24.6 Å². The fourth-order valence-corrected chi connectivity index (χ4v) is 5.46. The van der Waals surface area contributed by atoms with E-state index in [1.54, 1.807) is 0 Å². The zero-order valence-corrected chi connectivity index (χ0v) is 20.2. The quantitative estimate of drug-likeness (QED) is 0.352. The number of hydrogen-bond donors (Lipinski definition) is 0. The monoisotopic (exact) mass is 487 g/mol. The minimum absolute atomic E-state index is 0. The van der Waals surface area contributed by atoms with Gasteiger partial charge in [-0.25, -0.2) is 0 Å². The van der Waals surface area contributed by atoms with Crippen molar-refractivity contribution in [3.8, 4) is 0 Å². The maximum Gasteiger partial charge on any atom is 0.108 e. The van der Waals surface area contributed by atoms with Gasteiger partial charge in [0.2, 0.25) is 0 Å². The van der Waals surface area contributed by atoms with Crippen LogP contribution in [0, 0.1) is 0 Å². The molecule has 2 aliphatic rings. The predicted octanol–water partition coefficient (Wildman–Crippen LogP) is 7.72. The molecule has 3 aromatic rings. The lowest BCUT2D eigenvalue weighted by atomic mass is 9.96. The zero-order valence-electron chi connectivity index (χ0n) is 17.9. The third kappa shape index (κ3) is 5.32. The Balaban J connectivity index is 0.00000245. The summed E-state index contributed by atoms with van der Waals surface area (Å²) in [5.41, 5.74) is 3.66. The molecule has 2 heterocycles. The standard InChI is InChI=1S/C27H27Cl2NO.ClH/c28-22-10-6-20(7-11-22)27(21-8-12-23(29)13-9-21)31-26-16-24-14-15-25(17-26)30(24)18-19-4-2-1-3-5-19;/h1-13,24-27H,14-18H2;1H. The Hall–Kier alpha value is -1.55. The van der Waals surface area contributed by atoms with Crippen LogP contribution in [0.15, 0.2) is 78.9 Å². The van der Waals surface area contributed by atoms with Crippen LogP contribution >= 0.6 is 35.6 Å². The Kier molecular flexibility index (Phi) is 7.81. The minimum atomic E-state index is -0.111. The molecule has 0 aromatic heterocycles. The third-order valence-electron chi connectivity index (χ3n) is 6.72. The van der Waals surface area contributed by atoms with Gasteiger partial charge in [-0.2, -0.15) is 0 Å². The molecule has 2 fully saturated rings. The second-order valence-electron chi connectivity index (χ2n) is 8.76. The van der Waals surface area contributed by atoms with Crippen LogP contribution in [0.2, 0.25) is 10.0 Å². The molecule has 0 radical (unpaired) electrons. The fourth-order valence-electron chi connectivity index (χ4n) is 5.20. The number of halogens is 3. The van der Waals surface area contributed by atoms with Crippen molar-refractivity contribution >= 4 is 35.6 Å². The lowest BCUT2D eigenvalue weighted by Crippen LogP contribution is -2.45. The first-order valence-electron chi connectivity index (χ1n) is 11.1. The summed E-state index contributed by atoms with van der Waals surface area (Å²) in [5, 5.41) is 1.48. The first-order chi connectivity index (χ1) is 15.2. The molecule has 2 saturated heterocycles. The molecule has 32 heavy (non-hydrogen) atoms. The van der Waals surface area contributed by atoms with Gasteiger partial charge >= 0.3 is 0 Å². The van der Waals surface area contributed by atoms with Crippen molar-refractivity contribution < 1.29 is 4.74 Å². The molecule has 2 unspecified atom stereocenters. The molecule has 2 aliphatic heterocycles. The van der Waals surface area contributed by atoms with Crippen LogP contribution in [0.3, 0.4) is 0 Å². The van der Waals surface area contributed by atoms with Crippen LogP contribution in [-0.2, 0) is 11.3 Å². The van der Waals surface area contributed by atoms with Gasteiger partial charge in [-0.1, -0.05) is 77.8 Å². The minimum Gasteiger partial charge on any atom is -0.365 e. The Morgan fingerprint density at radius 3 is 1.75 bits per heavy atom. The van der Waals surface area contributed by atoms with Gasteiger partial charge in [0.1, 0.15) is 6.10 Å². The van der Waals surface area contributed by atoms with Gasteiger partial charge in [0.15, 0.2) is 0 Å². The summed E-state index contributed by atoms with van der Waals surface area (Å²) in [7, 11) is 0. The molecule has 0 amide bonds. The number of nitrogens with zero attached hydrogens (tertiary/aromatic N) is 1. The molecule has 2 bridgehead atoms. The van der Waals surface area contributed by atoms with Crippen molar-refractivity contribution in [3.63, 3.8) is 0 Å². The number of fused-ring (bicyclic) bond motifs is 2. The van der Waals surface area contributed by atoms with Gasteiger partial charge in [-0.3, -0.25) is 4.90 Å². The average Bonchev–Trinajstić information content (AvgIpc) is 3.02. The highest BCUT2D eigenvalue weighted by Gasteiger charge is 2.41. The van der Waals surface area contributed by atoms with Crippen molar-refractivity contribution in [1.82, 2.24) is 4.90 Å². The summed E-state index contributed by atoms with van der Waals surface area (Å²) < 4.78 is 6.81. The van der Waals surface area contributed by atoms with Gasteiger partial charge in [-0.05, 0) is 66.6 Å². The van der Waals surface area contributed by atoms with Crippen molar-refractivity contribution in [2.24, 2.45) is 0 Å². The number of piperidine rings is 1. The van der Waals surface area contributed by atoms with E-state index in [1.807, 2.05) is 24.3 Å². The van der Waals surface area contributed by atoms with E-state index in [0.717, 1.165) is 40.6 Å². The van der Waals surface area contributed by atoms with Crippen LogP contribution in [0.4, 0.5) is 0 Å². The molecule has 0 N–H and O–H groups in total. The number of hydrogen-bond acceptors (Lipinski definition) is 2. The van der Waals surface area contributed by atoms with Crippen LogP contribution < -0.4 is 0 Å². The maximum absolute atomic E-state index is 6.81. The van der Waals surface area contributed by atoms with Crippen molar-refractivity contribution in [3.05, 3.63) is 106 Å². The summed E-state index contributed by atoms with van der Waals surface area (Å²) in [6.45, 7) is 1.04. The van der Waals surface area contributed by atoms with Crippen LogP contribution in [0.1, 0.15) is 48.5 Å². The van der Waals surface area contributed by atoms with Crippen molar-refractivity contribution in [1.29, 1.82) is 0 Å². The van der Waals surface area contributed by atoms with E-state index in [2.05, 4.69) is 59.5 Å².